The molecule has 4 bridgehead atoms. The number of phenolic OH excluding ortho intramolecular Hbond substituents is 1. The minimum absolute atomic E-state index is 0.0978. The van der Waals surface area contributed by atoms with Crippen LogP contribution in [-0.4, -0.2) is 71.5 Å². The summed E-state index contributed by atoms with van der Waals surface area (Å²) in [6, 6.07) is 11.7. The largest absolute Gasteiger partial charge is 0.508 e. The van der Waals surface area contributed by atoms with Crippen LogP contribution in [-0.2, 0) is 41.6 Å². The molecular formula is C39H53N5O7. The fraction of sp³-hybridized carbons (Fsp3) is 0.564. The highest BCUT2D eigenvalue weighted by molar-refractivity contribution is 5.94. The second-order valence-corrected chi connectivity index (χ2v) is 15.3. The van der Waals surface area contributed by atoms with E-state index in [-0.39, 0.29) is 30.6 Å². The maximum absolute atomic E-state index is 13.8. The SMILES string of the molecule is CC(C)C[C@H](NC(=O)[C@H](Cc1ccccc1)NC(=O)CNC(=O)[C@@H](C)NC(=O)[C@@H](N)Cc1ccc(O)cc1)C(=O)OC1C2CC3CC(C2)CC1C3. The first kappa shape index (κ1) is 37.8. The summed E-state index contributed by atoms with van der Waals surface area (Å²) in [6.07, 6.45) is 6.36. The molecule has 0 aromatic heterocycles. The van der Waals surface area contributed by atoms with Crippen molar-refractivity contribution < 1.29 is 33.8 Å². The number of aromatic hydroxyl groups is 1. The van der Waals surface area contributed by atoms with Crippen molar-refractivity contribution in [2.75, 3.05) is 6.54 Å². The zero-order valence-corrected chi connectivity index (χ0v) is 29.8. The third-order valence-electron chi connectivity index (χ3n) is 10.5. The number of ether oxygens (including phenoxy) is 1. The minimum atomic E-state index is -1.03. The van der Waals surface area contributed by atoms with Gasteiger partial charge < -0.3 is 36.8 Å². The van der Waals surface area contributed by atoms with E-state index in [1.807, 2.05) is 44.2 Å². The van der Waals surface area contributed by atoms with Crippen molar-refractivity contribution in [2.45, 2.75) is 102 Å². The number of esters is 1. The number of rotatable bonds is 16. The number of phenols is 1. The third kappa shape index (κ3) is 10.5. The van der Waals surface area contributed by atoms with Gasteiger partial charge in [-0.3, -0.25) is 19.2 Å². The van der Waals surface area contributed by atoms with Crippen molar-refractivity contribution in [2.24, 2.45) is 35.3 Å². The maximum atomic E-state index is 13.8. The van der Waals surface area contributed by atoms with E-state index in [0.29, 0.717) is 18.3 Å². The monoisotopic (exact) mass is 703 g/mol. The predicted octanol–water partition coefficient (Wildman–Crippen LogP) is 2.51. The van der Waals surface area contributed by atoms with Crippen LogP contribution in [0.2, 0.25) is 0 Å². The second-order valence-electron chi connectivity index (χ2n) is 15.3. The maximum Gasteiger partial charge on any atom is 0.328 e. The van der Waals surface area contributed by atoms with Gasteiger partial charge in [0.05, 0.1) is 12.6 Å². The van der Waals surface area contributed by atoms with Gasteiger partial charge in [0.15, 0.2) is 0 Å². The van der Waals surface area contributed by atoms with Gasteiger partial charge in [0.25, 0.3) is 0 Å². The van der Waals surface area contributed by atoms with Crippen LogP contribution in [0.15, 0.2) is 54.6 Å². The molecule has 6 rings (SSSR count). The van der Waals surface area contributed by atoms with Crippen molar-refractivity contribution in [3.63, 3.8) is 0 Å². The Hall–Kier alpha value is -4.45. The average Bonchev–Trinajstić information content (AvgIpc) is 3.08. The average molecular weight is 704 g/mol. The molecule has 4 fully saturated rings. The second kappa shape index (κ2) is 17.2. The first-order valence-electron chi connectivity index (χ1n) is 18.3. The molecule has 7 N–H and O–H groups in total. The molecule has 12 heteroatoms. The molecule has 4 aliphatic rings. The van der Waals surface area contributed by atoms with Crippen molar-refractivity contribution in [1.82, 2.24) is 21.3 Å². The van der Waals surface area contributed by atoms with Crippen LogP contribution in [0, 0.1) is 29.6 Å². The van der Waals surface area contributed by atoms with E-state index in [1.54, 1.807) is 12.1 Å². The van der Waals surface area contributed by atoms with Crippen LogP contribution in [0.25, 0.3) is 0 Å². The molecule has 4 amide bonds. The third-order valence-corrected chi connectivity index (χ3v) is 10.5. The molecule has 0 unspecified atom stereocenters. The van der Waals surface area contributed by atoms with Gasteiger partial charge in [0, 0.05) is 6.42 Å². The van der Waals surface area contributed by atoms with Crippen LogP contribution in [0.3, 0.4) is 0 Å². The van der Waals surface area contributed by atoms with E-state index < -0.39 is 60.3 Å². The molecule has 0 spiro atoms. The molecule has 4 aliphatic carbocycles. The first-order valence-corrected chi connectivity index (χ1v) is 18.3. The highest BCUT2D eigenvalue weighted by Crippen LogP contribution is 2.54. The highest BCUT2D eigenvalue weighted by Gasteiger charge is 2.50. The van der Waals surface area contributed by atoms with E-state index in [2.05, 4.69) is 21.3 Å². The Morgan fingerprint density at radius 2 is 1.35 bits per heavy atom. The van der Waals surface area contributed by atoms with E-state index in [0.717, 1.165) is 48.6 Å². The molecular weight excluding hydrogens is 650 g/mol. The zero-order chi connectivity index (χ0) is 36.7. The Kier molecular flexibility index (Phi) is 12.7. The summed E-state index contributed by atoms with van der Waals surface area (Å²) in [4.78, 5) is 66.0. The van der Waals surface area contributed by atoms with Gasteiger partial charge in [0.1, 0.15) is 30.0 Å². The Morgan fingerprint density at radius 1 is 0.745 bits per heavy atom. The van der Waals surface area contributed by atoms with Crippen molar-refractivity contribution in [1.29, 1.82) is 0 Å². The van der Waals surface area contributed by atoms with E-state index in [4.69, 9.17) is 10.5 Å². The van der Waals surface area contributed by atoms with Gasteiger partial charge in [-0.2, -0.15) is 0 Å². The summed E-state index contributed by atoms with van der Waals surface area (Å²) in [5.41, 5.74) is 7.57. The molecule has 0 heterocycles. The molecule has 2 aromatic carbocycles. The first-order chi connectivity index (χ1) is 24.3. The Bertz CT molecular complexity index is 1500. The molecule has 0 radical (unpaired) electrons. The Morgan fingerprint density at radius 3 is 1.96 bits per heavy atom. The van der Waals surface area contributed by atoms with Gasteiger partial charge in [-0.25, -0.2) is 4.79 Å². The molecule has 2 aromatic rings. The number of benzene rings is 2. The van der Waals surface area contributed by atoms with E-state index in [9.17, 15) is 29.1 Å². The predicted molar refractivity (Wildman–Crippen MR) is 191 cm³/mol. The van der Waals surface area contributed by atoms with Crippen LogP contribution in [0.4, 0.5) is 0 Å². The van der Waals surface area contributed by atoms with Gasteiger partial charge in [-0.1, -0.05) is 56.3 Å². The number of hydrogen-bond donors (Lipinski definition) is 6. The van der Waals surface area contributed by atoms with Gasteiger partial charge >= 0.3 is 5.97 Å². The van der Waals surface area contributed by atoms with E-state index in [1.165, 1.54) is 25.5 Å². The summed E-state index contributed by atoms with van der Waals surface area (Å²) < 4.78 is 6.20. The fourth-order valence-electron chi connectivity index (χ4n) is 8.23. The zero-order valence-electron chi connectivity index (χ0n) is 29.8. The summed E-state index contributed by atoms with van der Waals surface area (Å²) >= 11 is 0. The number of nitrogens with one attached hydrogen (secondary N) is 4. The lowest BCUT2D eigenvalue weighted by Gasteiger charge is -2.53. The quantitative estimate of drug-likeness (QED) is 0.144. The lowest BCUT2D eigenvalue weighted by Crippen LogP contribution is -2.56. The summed E-state index contributed by atoms with van der Waals surface area (Å²) in [6.45, 7) is 4.99. The lowest BCUT2D eigenvalue weighted by atomic mass is 9.55. The van der Waals surface area contributed by atoms with Crippen molar-refractivity contribution >= 4 is 29.6 Å². The lowest BCUT2D eigenvalue weighted by molar-refractivity contribution is -0.174. The molecule has 4 saturated carbocycles. The number of amides is 4. The summed E-state index contributed by atoms with van der Waals surface area (Å²) in [5, 5.41) is 20.1. The molecule has 0 aliphatic heterocycles. The van der Waals surface area contributed by atoms with Crippen LogP contribution < -0.4 is 27.0 Å². The molecule has 51 heavy (non-hydrogen) atoms. The number of hydrogen-bond acceptors (Lipinski definition) is 8. The fourth-order valence-corrected chi connectivity index (χ4v) is 8.23. The van der Waals surface area contributed by atoms with Crippen LogP contribution >= 0.6 is 0 Å². The molecule has 0 saturated heterocycles. The number of nitrogens with two attached hydrogens (primary N) is 1. The van der Waals surface area contributed by atoms with Crippen molar-refractivity contribution in [3.05, 3.63) is 65.7 Å². The molecule has 12 nitrogen and oxygen atoms in total. The molecule has 276 valence electrons. The topological polar surface area (TPSA) is 189 Å². The number of carbonyl (C=O) groups is 5. The normalized spacial score (nSPS) is 24.1. The van der Waals surface area contributed by atoms with Gasteiger partial charge in [-0.05, 0) is 105 Å². The summed E-state index contributed by atoms with van der Waals surface area (Å²) in [7, 11) is 0. The Balaban J connectivity index is 1.16. The molecule has 4 atom stereocenters. The smallest absolute Gasteiger partial charge is 0.328 e. The number of carbonyl (C=O) groups excluding carboxylic acids is 5. The summed E-state index contributed by atoms with van der Waals surface area (Å²) in [5.74, 6) is -0.260. The van der Waals surface area contributed by atoms with Gasteiger partial charge in [-0.15, -0.1) is 0 Å². The Labute approximate surface area is 300 Å². The standard InChI is InChI=1S/C39H53N5O7/c1-22(2)13-33(39(50)51-35-28-15-26-14-27(17-28)18-29(35)16-26)44-38(49)32(20-24-7-5-4-6-8-24)43-34(46)21-41-36(47)23(3)42-37(48)31(40)19-25-9-11-30(45)12-10-25/h4-12,22-23,26-29,31-33,35,45H,13-21,40H2,1-3H3,(H,41,47)(H,42,48)(H,43,46)(H,44,49)/t23-,26?,27?,28?,29?,31+,32+,33+,35?/m1/s1. The van der Waals surface area contributed by atoms with E-state index >= 15 is 0 Å². The van der Waals surface area contributed by atoms with Crippen LogP contribution in [0.5, 0.6) is 5.75 Å². The van der Waals surface area contributed by atoms with Crippen molar-refractivity contribution in [3.8, 4) is 5.75 Å². The van der Waals surface area contributed by atoms with Gasteiger partial charge in [0.2, 0.25) is 23.6 Å². The highest BCUT2D eigenvalue weighted by atomic mass is 16.5. The minimum Gasteiger partial charge on any atom is -0.508 e. The van der Waals surface area contributed by atoms with Crippen LogP contribution in [0.1, 0.15) is 70.4 Å².